The van der Waals surface area contributed by atoms with Crippen molar-refractivity contribution in [1.82, 2.24) is 9.62 Å². The number of ether oxygens (including phenoxy) is 1. The Morgan fingerprint density at radius 1 is 1.27 bits per heavy atom. The number of hydrogen-bond donors (Lipinski definition) is 2. The number of carbonyl (C=O) groups is 1. The molecule has 0 bridgehead atoms. The molecule has 1 aromatic rings. The highest BCUT2D eigenvalue weighted by molar-refractivity contribution is 7.88. The summed E-state index contributed by atoms with van der Waals surface area (Å²) in [5.74, 6) is -0.263. The molecule has 1 amide bonds. The third kappa shape index (κ3) is 7.27. The number of rotatable bonds is 6. The number of carboxylic acid groups (broad SMARTS) is 1. The minimum absolute atomic E-state index is 0.254. The fraction of sp³-hybridized carbons (Fsp3) is 0.650. The Bertz CT molecular complexity index is 857. The van der Waals surface area contributed by atoms with Gasteiger partial charge in [0.2, 0.25) is 10.0 Å². The van der Waals surface area contributed by atoms with Crippen molar-refractivity contribution in [2.45, 2.75) is 51.7 Å². The highest BCUT2D eigenvalue weighted by atomic mass is 35.5. The molecule has 1 saturated heterocycles. The van der Waals surface area contributed by atoms with Crippen LogP contribution in [0.25, 0.3) is 0 Å². The Kier molecular flexibility index (Phi) is 8.43. The van der Waals surface area contributed by atoms with E-state index < -0.39 is 16.1 Å². The highest BCUT2D eigenvalue weighted by Crippen LogP contribution is 2.37. The molecule has 0 radical (unpaired) electrons. The first kappa shape index (κ1) is 25.2. The third-order valence-corrected chi connectivity index (χ3v) is 6.70. The topological polar surface area (TPSA) is 95.9 Å². The van der Waals surface area contributed by atoms with Crippen LogP contribution in [0.1, 0.15) is 45.1 Å². The van der Waals surface area contributed by atoms with Crippen LogP contribution in [0.15, 0.2) is 18.2 Å². The molecule has 10 heteroatoms. The van der Waals surface area contributed by atoms with E-state index in [9.17, 15) is 18.3 Å². The second kappa shape index (κ2) is 10.0. The summed E-state index contributed by atoms with van der Waals surface area (Å²) < 4.78 is 31.7. The second-order valence-electron chi connectivity index (χ2n) is 8.81. The predicted molar refractivity (Wildman–Crippen MR) is 119 cm³/mol. The average molecular weight is 481 g/mol. The van der Waals surface area contributed by atoms with Gasteiger partial charge in [0.25, 0.3) is 0 Å². The van der Waals surface area contributed by atoms with Crippen molar-refractivity contribution in [3.8, 4) is 0 Å². The van der Waals surface area contributed by atoms with Gasteiger partial charge in [-0.05, 0) is 36.0 Å². The molecule has 30 heavy (non-hydrogen) atoms. The number of nitrogens with zero attached hydrogens (tertiary/aromatic N) is 1. The standard InChI is InChI=1S/C20H30Cl2N2O5S/c1-20(2,3)18-12-24(19(25)26)11-14(13-7-8-15(21)16(22)10-13)17(29-18)6-5-9-23-30(4,27)28/h7-8,10,14,17-18,23H,5-6,9,11-12H2,1-4H3,(H,25,26). The van der Waals surface area contributed by atoms with Crippen molar-refractivity contribution in [1.29, 1.82) is 0 Å². The molecular weight excluding hydrogens is 451 g/mol. The Hall–Kier alpha value is -1.06. The molecule has 0 saturated carbocycles. The lowest BCUT2D eigenvalue weighted by molar-refractivity contribution is -0.0690. The lowest BCUT2D eigenvalue weighted by atomic mass is 9.88. The van der Waals surface area contributed by atoms with E-state index in [2.05, 4.69) is 4.72 Å². The molecule has 0 aliphatic carbocycles. The molecule has 170 valence electrons. The quantitative estimate of drug-likeness (QED) is 0.594. The van der Waals surface area contributed by atoms with Crippen LogP contribution in [0.4, 0.5) is 4.79 Å². The minimum atomic E-state index is -3.27. The molecular formula is C20H30Cl2N2O5S. The van der Waals surface area contributed by atoms with Gasteiger partial charge in [-0.2, -0.15) is 0 Å². The normalized spacial score (nSPS) is 23.3. The van der Waals surface area contributed by atoms with Crippen LogP contribution >= 0.6 is 23.2 Å². The summed E-state index contributed by atoms with van der Waals surface area (Å²) in [6.45, 7) is 6.84. The molecule has 1 aromatic carbocycles. The summed E-state index contributed by atoms with van der Waals surface area (Å²) in [6, 6.07) is 5.28. The predicted octanol–water partition coefficient (Wildman–Crippen LogP) is 4.20. The first-order valence-corrected chi connectivity index (χ1v) is 12.5. The van der Waals surface area contributed by atoms with E-state index in [1.807, 2.05) is 26.8 Å². The van der Waals surface area contributed by atoms with Gasteiger partial charge in [-0.15, -0.1) is 0 Å². The first-order valence-electron chi connectivity index (χ1n) is 9.81. The lowest BCUT2D eigenvalue weighted by Gasteiger charge is -2.34. The van der Waals surface area contributed by atoms with Gasteiger partial charge in [0, 0.05) is 19.0 Å². The van der Waals surface area contributed by atoms with E-state index >= 15 is 0 Å². The van der Waals surface area contributed by atoms with Crippen molar-refractivity contribution in [3.05, 3.63) is 33.8 Å². The number of nitrogens with one attached hydrogen (secondary N) is 1. The molecule has 1 aliphatic heterocycles. The highest BCUT2D eigenvalue weighted by Gasteiger charge is 2.39. The van der Waals surface area contributed by atoms with Crippen molar-refractivity contribution in [2.24, 2.45) is 5.41 Å². The lowest BCUT2D eigenvalue weighted by Crippen LogP contribution is -2.42. The van der Waals surface area contributed by atoms with Crippen LogP contribution in [0, 0.1) is 5.41 Å². The number of sulfonamides is 1. The molecule has 1 aliphatic rings. The number of amides is 1. The van der Waals surface area contributed by atoms with Crippen molar-refractivity contribution in [3.63, 3.8) is 0 Å². The van der Waals surface area contributed by atoms with Crippen molar-refractivity contribution < 1.29 is 23.1 Å². The Morgan fingerprint density at radius 2 is 1.93 bits per heavy atom. The van der Waals surface area contributed by atoms with Gasteiger partial charge in [-0.25, -0.2) is 17.9 Å². The monoisotopic (exact) mass is 480 g/mol. The molecule has 7 nitrogen and oxygen atoms in total. The van der Waals surface area contributed by atoms with Crippen molar-refractivity contribution in [2.75, 3.05) is 25.9 Å². The minimum Gasteiger partial charge on any atom is -0.465 e. The Balaban J connectivity index is 2.34. The fourth-order valence-electron chi connectivity index (χ4n) is 3.51. The zero-order chi connectivity index (χ0) is 22.7. The van der Waals surface area contributed by atoms with Gasteiger partial charge in [0.05, 0.1) is 35.1 Å². The number of benzene rings is 1. The zero-order valence-corrected chi connectivity index (χ0v) is 20.0. The largest absolute Gasteiger partial charge is 0.465 e. The number of hydrogen-bond acceptors (Lipinski definition) is 4. The summed E-state index contributed by atoms with van der Waals surface area (Å²) in [5.41, 5.74) is 0.565. The Labute approximate surface area is 188 Å². The molecule has 2 rings (SSSR count). The molecule has 0 spiro atoms. The maximum Gasteiger partial charge on any atom is 0.407 e. The van der Waals surface area contributed by atoms with E-state index in [4.69, 9.17) is 27.9 Å². The Morgan fingerprint density at radius 3 is 2.47 bits per heavy atom. The summed E-state index contributed by atoms with van der Waals surface area (Å²) in [6.07, 6.45) is 0.616. The SMILES string of the molecule is CC(C)(C)C1CN(C(=O)O)CC(c2ccc(Cl)c(Cl)c2)C(CCCNS(C)(=O)=O)O1. The maximum absolute atomic E-state index is 11.9. The summed E-state index contributed by atoms with van der Waals surface area (Å²) >= 11 is 12.3. The van der Waals surface area contributed by atoms with E-state index in [1.165, 1.54) is 4.90 Å². The molecule has 3 atom stereocenters. The van der Waals surface area contributed by atoms with Crippen LogP contribution in [0.3, 0.4) is 0 Å². The molecule has 1 fully saturated rings. The molecule has 1 heterocycles. The zero-order valence-electron chi connectivity index (χ0n) is 17.7. The van der Waals surface area contributed by atoms with Crippen molar-refractivity contribution >= 4 is 39.3 Å². The molecule has 0 aromatic heterocycles. The van der Waals surface area contributed by atoms with E-state index in [0.717, 1.165) is 11.8 Å². The first-order chi connectivity index (χ1) is 13.8. The van der Waals surface area contributed by atoms with Crippen LogP contribution in [-0.4, -0.2) is 62.6 Å². The van der Waals surface area contributed by atoms with Gasteiger partial charge >= 0.3 is 6.09 Å². The van der Waals surface area contributed by atoms with Gasteiger partial charge < -0.3 is 14.7 Å². The van der Waals surface area contributed by atoms with Crippen LogP contribution in [-0.2, 0) is 14.8 Å². The average Bonchev–Trinajstić information content (AvgIpc) is 2.80. The van der Waals surface area contributed by atoms with Gasteiger partial charge in [0.15, 0.2) is 0 Å². The van der Waals surface area contributed by atoms with E-state index in [-0.39, 0.29) is 43.2 Å². The van der Waals surface area contributed by atoms with Crippen LogP contribution in [0.2, 0.25) is 10.0 Å². The van der Waals surface area contributed by atoms with E-state index in [0.29, 0.717) is 22.9 Å². The molecule has 3 unspecified atom stereocenters. The van der Waals surface area contributed by atoms with Gasteiger partial charge in [0.1, 0.15) is 0 Å². The fourth-order valence-corrected chi connectivity index (χ4v) is 4.33. The van der Waals surface area contributed by atoms with Gasteiger partial charge in [-0.1, -0.05) is 50.0 Å². The molecule has 2 N–H and O–H groups in total. The van der Waals surface area contributed by atoms with Crippen LogP contribution in [0.5, 0.6) is 0 Å². The van der Waals surface area contributed by atoms with Gasteiger partial charge in [-0.3, -0.25) is 0 Å². The summed E-state index contributed by atoms with van der Waals surface area (Å²) in [5, 5.41) is 10.6. The summed E-state index contributed by atoms with van der Waals surface area (Å²) in [4.78, 5) is 13.3. The number of halogens is 2. The summed E-state index contributed by atoms with van der Waals surface area (Å²) in [7, 11) is -3.27. The van der Waals surface area contributed by atoms with Crippen LogP contribution < -0.4 is 4.72 Å². The smallest absolute Gasteiger partial charge is 0.407 e. The maximum atomic E-state index is 11.9. The third-order valence-electron chi connectivity index (χ3n) is 5.23. The van der Waals surface area contributed by atoms with E-state index in [1.54, 1.807) is 12.1 Å². The second-order valence-corrected chi connectivity index (χ2v) is 11.5.